The van der Waals surface area contributed by atoms with Crippen LogP contribution in [0.5, 0.6) is 11.5 Å². The quantitative estimate of drug-likeness (QED) is 0.549. The molecule has 0 spiro atoms. The summed E-state index contributed by atoms with van der Waals surface area (Å²) in [6.45, 7) is 0.367. The summed E-state index contributed by atoms with van der Waals surface area (Å²) in [4.78, 5) is 14.7. The maximum absolute atomic E-state index is 10.9. The van der Waals surface area contributed by atoms with Gasteiger partial charge in [0.1, 0.15) is 18.1 Å². The molecule has 3 aromatic rings. The van der Waals surface area contributed by atoms with E-state index < -0.39 is 11.9 Å². The van der Waals surface area contributed by atoms with Crippen LogP contribution >= 0.6 is 31.9 Å². The molecule has 7 nitrogen and oxygen atoms in total. The van der Waals surface area contributed by atoms with Gasteiger partial charge in [0, 0.05) is 5.56 Å². The number of halogens is 2. The van der Waals surface area contributed by atoms with E-state index in [1.165, 1.54) is 0 Å². The first-order valence-electron chi connectivity index (χ1n) is 7.30. The second kappa shape index (κ2) is 7.88. The highest BCUT2D eigenvalue weighted by Gasteiger charge is 2.17. The molecule has 0 radical (unpaired) electrons. The Kier molecular flexibility index (Phi) is 5.58. The molecule has 1 N–H and O–H groups in total. The fraction of sp³-hybridized carbons (Fsp3) is 0.118. The predicted molar refractivity (Wildman–Crippen MR) is 99.4 cm³/mol. The van der Waals surface area contributed by atoms with Crippen molar-refractivity contribution in [3.63, 3.8) is 0 Å². The molecule has 0 amide bonds. The van der Waals surface area contributed by atoms with E-state index in [4.69, 9.17) is 14.6 Å². The van der Waals surface area contributed by atoms with Gasteiger partial charge in [-0.15, -0.1) is 0 Å². The number of methoxy groups -OCH3 is 1. The lowest BCUT2D eigenvalue weighted by atomic mass is 10.2. The minimum absolute atomic E-state index is 0.172. The Morgan fingerprint density at radius 1 is 1.19 bits per heavy atom. The number of aromatic carboxylic acids is 1. The Balaban J connectivity index is 1.79. The van der Waals surface area contributed by atoms with Gasteiger partial charge in [-0.2, -0.15) is 4.98 Å². The van der Waals surface area contributed by atoms with Gasteiger partial charge in [0.05, 0.1) is 16.1 Å². The summed E-state index contributed by atoms with van der Waals surface area (Å²) >= 11 is 6.90. The van der Waals surface area contributed by atoms with Crippen molar-refractivity contribution >= 4 is 37.8 Å². The van der Waals surface area contributed by atoms with Crippen molar-refractivity contribution in [1.82, 2.24) is 10.1 Å². The van der Waals surface area contributed by atoms with Crippen LogP contribution in [-0.2, 0) is 6.61 Å². The molecule has 3 rings (SSSR count). The van der Waals surface area contributed by atoms with Gasteiger partial charge in [-0.05, 0) is 61.7 Å². The monoisotopic (exact) mass is 482 g/mol. The number of carboxylic acids is 1. The summed E-state index contributed by atoms with van der Waals surface area (Å²) in [5.74, 6) is -0.188. The molecule has 0 aliphatic heterocycles. The first-order chi connectivity index (χ1) is 12.5. The molecule has 0 atom stereocenters. The highest BCUT2D eigenvalue weighted by Crippen LogP contribution is 2.37. The number of carbonyl (C=O) groups is 1. The van der Waals surface area contributed by atoms with Gasteiger partial charge in [0.25, 0.3) is 0 Å². The summed E-state index contributed by atoms with van der Waals surface area (Å²) in [6.07, 6.45) is 0. The number of nitrogens with zero attached hydrogens (tertiary/aromatic N) is 2. The van der Waals surface area contributed by atoms with E-state index in [0.29, 0.717) is 26.9 Å². The Morgan fingerprint density at radius 2 is 1.85 bits per heavy atom. The first kappa shape index (κ1) is 18.4. The van der Waals surface area contributed by atoms with Crippen LogP contribution in [0.15, 0.2) is 49.9 Å². The van der Waals surface area contributed by atoms with E-state index in [-0.39, 0.29) is 5.82 Å². The van der Waals surface area contributed by atoms with Crippen LogP contribution in [0.1, 0.15) is 16.2 Å². The topological polar surface area (TPSA) is 94.7 Å². The second-order valence-electron chi connectivity index (χ2n) is 5.13. The Labute approximate surface area is 165 Å². The molecule has 0 bridgehead atoms. The second-order valence-corrected chi connectivity index (χ2v) is 6.84. The molecule has 0 fully saturated rings. The lowest BCUT2D eigenvalue weighted by molar-refractivity contribution is 0.0643. The number of hydrogen-bond acceptors (Lipinski definition) is 6. The summed E-state index contributed by atoms with van der Waals surface area (Å²) in [6, 6.07) is 11.0. The standard InChI is InChI=1S/C17H12Br2N2O5/c1-24-11-4-2-9(3-5-11)8-25-14-12(18)6-10(7-13(14)19)15-20-16(17(22)23)26-21-15/h2-7H,8H2,1H3,(H,22,23). The number of aromatic nitrogens is 2. The number of hydrogen-bond donors (Lipinski definition) is 1. The van der Waals surface area contributed by atoms with Crippen LogP contribution in [-0.4, -0.2) is 28.3 Å². The van der Waals surface area contributed by atoms with E-state index in [9.17, 15) is 4.79 Å². The van der Waals surface area contributed by atoms with Gasteiger partial charge in [0.15, 0.2) is 0 Å². The van der Waals surface area contributed by atoms with Crippen LogP contribution < -0.4 is 9.47 Å². The van der Waals surface area contributed by atoms with Gasteiger partial charge in [-0.25, -0.2) is 4.79 Å². The van der Waals surface area contributed by atoms with Crippen LogP contribution in [0.25, 0.3) is 11.4 Å². The summed E-state index contributed by atoms with van der Waals surface area (Å²) in [5, 5.41) is 12.5. The van der Waals surface area contributed by atoms with Gasteiger partial charge in [-0.3, -0.25) is 0 Å². The third-order valence-electron chi connectivity index (χ3n) is 3.41. The Bertz CT molecular complexity index is 918. The maximum atomic E-state index is 10.9. The average molecular weight is 484 g/mol. The van der Waals surface area contributed by atoms with Gasteiger partial charge < -0.3 is 19.1 Å². The Morgan fingerprint density at radius 3 is 2.38 bits per heavy atom. The van der Waals surface area contributed by atoms with Crippen molar-refractivity contribution in [3.05, 3.63) is 56.8 Å². The van der Waals surface area contributed by atoms with Gasteiger partial charge in [0.2, 0.25) is 5.82 Å². The predicted octanol–water partition coefficient (Wildman–Crippen LogP) is 4.55. The molecular weight excluding hydrogens is 472 g/mol. The average Bonchev–Trinajstić information content (AvgIpc) is 3.12. The SMILES string of the molecule is COc1ccc(COc2c(Br)cc(-c3noc(C(=O)O)n3)cc2Br)cc1. The zero-order valence-corrected chi connectivity index (χ0v) is 16.6. The lowest BCUT2D eigenvalue weighted by Gasteiger charge is -2.12. The van der Waals surface area contributed by atoms with E-state index in [1.54, 1.807) is 19.2 Å². The molecule has 1 heterocycles. The highest BCUT2D eigenvalue weighted by atomic mass is 79.9. The smallest absolute Gasteiger partial charge is 0.394 e. The Hall–Kier alpha value is -2.39. The number of benzene rings is 2. The third kappa shape index (κ3) is 4.05. The molecule has 0 saturated heterocycles. The molecule has 2 aromatic carbocycles. The van der Waals surface area contributed by atoms with E-state index >= 15 is 0 Å². The number of rotatable bonds is 6. The van der Waals surface area contributed by atoms with Crippen molar-refractivity contribution < 1.29 is 23.9 Å². The minimum atomic E-state index is -1.28. The van der Waals surface area contributed by atoms with Crippen molar-refractivity contribution in [2.24, 2.45) is 0 Å². The van der Waals surface area contributed by atoms with Gasteiger partial charge in [-0.1, -0.05) is 17.3 Å². The molecule has 0 aliphatic rings. The molecule has 0 unspecified atom stereocenters. The molecule has 0 saturated carbocycles. The molecule has 9 heteroatoms. The number of ether oxygens (including phenoxy) is 2. The van der Waals surface area contributed by atoms with E-state index in [1.807, 2.05) is 24.3 Å². The summed E-state index contributed by atoms with van der Waals surface area (Å²) < 4.78 is 17.0. The highest BCUT2D eigenvalue weighted by molar-refractivity contribution is 9.11. The lowest BCUT2D eigenvalue weighted by Crippen LogP contribution is -1.98. The third-order valence-corrected chi connectivity index (χ3v) is 4.59. The largest absolute Gasteiger partial charge is 0.497 e. The first-order valence-corrected chi connectivity index (χ1v) is 8.88. The van der Waals surface area contributed by atoms with Crippen molar-refractivity contribution in [3.8, 4) is 22.9 Å². The van der Waals surface area contributed by atoms with Crippen LogP contribution in [0, 0.1) is 0 Å². The molecule has 26 heavy (non-hydrogen) atoms. The summed E-state index contributed by atoms with van der Waals surface area (Å²) in [7, 11) is 1.62. The minimum Gasteiger partial charge on any atom is -0.497 e. The molecule has 134 valence electrons. The molecule has 1 aromatic heterocycles. The normalized spacial score (nSPS) is 10.6. The summed E-state index contributed by atoms with van der Waals surface area (Å²) in [5.41, 5.74) is 1.56. The van der Waals surface area contributed by atoms with Crippen molar-refractivity contribution in [2.45, 2.75) is 6.61 Å². The number of carboxylic acid groups (broad SMARTS) is 1. The zero-order chi connectivity index (χ0) is 18.7. The fourth-order valence-electron chi connectivity index (χ4n) is 2.13. The molecular formula is C17H12Br2N2O5. The van der Waals surface area contributed by atoms with Gasteiger partial charge >= 0.3 is 11.9 Å². The fourth-order valence-corrected chi connectivity index (χ4v) is 3.55. The van der Waals surface area contributed by atoms with Crippen LogP contribution in [0.3, 0.4) is 0 Å². The maximum Gasteiger partial charge on any atom is 0.394 e. The van der Waals surface area contributed by atoms with Crippen LogP contribution in [0.2, 0.25) is 0 Å². The zero-order valence-electron chi connectivity index (χ0n) is 13.4. The van der Waals surface area contributed by atoms with Crippen LogP contribution in [0.4, 0.5) is 0 Å². The molecule has 0 aliphatic carbocycles. The van der Waals surface area contributed by atoms with Crippen molar-refractivity contribution in [1.29, 1.82) is 0 Å². The van der Waals surface area contributed by atoms with E-state index in [0.717, 1.165) is 11.3 Å². The van der Waals surface area contributed by atoms with Crippen molar-refractivity contribution in [2.75, 3.05) is 7.11 Å². The van der Waals surface area contributed by atoms with E-state index in [2.05, 4.69) is 46.5 Å².